The first kappa shape index (κ1) is 14.5. The molecule has 0 N–H and O–H groups in total. The van der Waals surface area contributed by atoms with E-state index >= 15 is 0 Å². The smallest absolute Gasteiger partial charge is 0.134 e. The van der Waals surface area contributed by atoms with Crippen molar-refractivity contribution < 1.29 is 4.74 Å². The molecule has 19 heavy (non-hydrogen) atoms. The normalized spacial score (nSPS) is 24.9. The van der Waals surface area contributed by atoms with Crippen molar-refractivity contribution in [2.24, 2.45) is 5.41 Å². The Bertz CT molecular complexity index is 444. The number of rotatable bonds is 4. The van der Waals surface area contributed by atoms with E-state index in [2.05, 4.69) is 35.8 Å². The van der Waals surface area contributed by atoms with Gasteiger partial charge in [0.1, 0.15) is 16.8 Å². The van der Waals surface area contributed by atoms with Crippen LogP contribution in [0.1, 0.15) is 33.0 Å². The molecule has 0 spiro atoms. The highest BCUT2D eigenvalue weighted by Crippen LogP contribution is 2.46. The third-order valence-corrected chi connectivity index (χ3v) is 4.31. The van der Waals surface area contributed by atoms with Gasteiger partial charge in [-0.1, -0.05) is 25.4 Å². The van der Waals surface area contributed by atoms with Gasteiger partial charge in [0.25, 0.3) is 0 Å². The molecule has 0 radical (unpaired) electrons. The quantitative estimate of drug-likeness (QED) is 0.796. The molecule has 106 valence electrons. The molecule has 1 aromatic rings. The standard InChI is InChI=1S/C14H22ClN3O/c1-6-19-11-7-10(14(11,3)4)18(5)13-8-12(15)16-9(2)17-13/h8,10-11H,6-7H2,1-5H3. The Kier molecular flexibility index (Phi) is 4.02. The van der Waals surface area contributed by atoms with Crippen molar-refractivity contribution in [1.29, 1.82) is 0 Å². The molecule has 1 aromatic heterocycles. The summed E-state index contributed by atoms with van der Waals surface area (Å²) in [6, 6.07) is 2.23. The minimum absolute atomic E-state index is 0.121. The average Bonchev–Trinajstić information content (AvgIpc) is 2.32. The first-order valence-electron chi connectivity index (χ1n) is 6.72. The predicted octanol–water partition coefficient (Wildman–Crippen LogP) is 3.08. The van der Waals surface area contributed by atoms with Crippen LogP contribution in [0.15, 0.2) is 6.07 Å². The first-order chi connectivity index (χ1) is 8.86. The van der Waals surface area contributed by atoms with Crippen LogP contribution >= 0.6 is 11.6 Å². The predicted molar refractivity (Wildman–Crippen MR) is 77.8 cm³/mol. The zero-order chi connectivity index (χ0) is 14.2. The Labute approximate surface area is 120 Å². The molecule has 2 atom stereocenters. The van der Waals surface area contributed by atoms with Gasteiger partial charge in [-0.15, -0.1) is 0 Å². The second-order valence-electron chi connectivity index (χ2n) is 5.72. The van der Waals surface area contributed by atoms with Crippen LogP contribution in [0, 0.1) is 12.3 Å². The summed E-state index contributed by atoms with van der Waals surface area (Å²) in [7, 11) is 2.06. The van der Waals surface area contributed by atoms with Crippen LogP contribution in [0.4, 0.5) is 5.82 Å². The summed E-state index contributed by atoms with van der Waals surface area (Å²) >= 11 is 6.01. The van der Waals surface area contributed by atoms with Crippen LogP contribution in [0.3, 0.4) is 0 Å². The van der Waals surface area contributed by atoms with Gasteiger partial charge in [0.05, 0.1) is 6.10 Å². The summed E-state index contributed by atoms with van der Waals surface area (Å²) in [5, 5.41) is 0.493. The lowest BCUT2D eigenvalue weighted by Crippen LogP contribution is -2.61. The van der Waals surface area contributed by atoms with E-state index in [0.29, 0.717) is 23.1 Å². The molecule has 0 aliphatic heterocycles. The van der Waals surface area contributed by atoms with Crippen molar-refractivity contribution in [3.63, 3.8) is 0 Å². The minimum Gasteiger partial charge on any atom is -0.378 e. The second-order valence-corrected chi connectivity index (χ2v) is 6.11. The van der Waals surface area contributed by atoms with E-state index < -0.39 is 0 Å². The molecule has 0 aromatic carbocycles. The molecule has 0 amide bonds. The van der Waals surface area contributed by atoms with Crippen molar-refractivity contribution in [2.45, 2.75) is 46.3 Å². The van der Waals surface area contributed by atoms with Crippen molar-refractivity contribution in [3.8, 4) is 0 Å². The molecular weight excluding hydrogens is 262 g/mol. The third kappa shape index (κ3) is 2.70. The molecule has 4 nitrogen and oxygen atoms in total. The van der Waals surface area contributed by atoms with E-state index in [4.69, 9.17) is 16.3 Å². The number of aromatic nitrogens is 2. The summed E-state index contributed by atoms with van der Waals surface area (Å²) < 4.78 is 5.77. The molecule has 0 saturated heterocycles. The van der Waals surface area contributed by atoms with Gasteiger partial charge in [-0.2, -0.15) is 0 Å². The molecule has 0 bridgehead atoms. The molecule has 1 heterocycles. The molecule has 1 aliphatic rings. The number of anilines is 1. The molecule has 1 saturated carbocycles. The largest absolute Gasteiger partial charge is 0.378 e. The van der Waals surface area contributed by atoms with Crippen molar-refractivity contribution in [2.75, 3.05) is 18.6 Å². The number of halogens is 1. The van der Waals surface area contributed by atoms with Gasteiger partial charge in [0, 0.05) is 31.2 Å². The minimum atomic E-state index is 0.121. The van der Waals surface area contributed by atoms with Crippen LogP contribution in [0.25, 0.3) is 0 Å². The average molecular weight is 284 g/mol. The fraction of sp³-hybridized carbons (Fsp3) is 0.714. The van der Waals surface area contributed by atoms with E-state index in [1.807, 2.05) is 19.9 Å². The zero-order valence-corrected chi connectivity index (χ0v) is 13.0. The number of aryl methyl sites for hydroxylation is 1. The molecule has 2 unspecified atom stereocenters. The van der Waals surface area contributed by atoms with Crippen LogP contribution < -0.4 is 4.90 Å². The van der Waals surface area contributed by atoms with E-state index in [9.17, 15) is 0 Å². The van der Waals surface area contributed by atoms with Gasteiger partial charge in [-0.25, -0.2) is 9.97 Å². The highest BCUT2D eigenvalue weighted by atomic mass is 35.5. The lowest BCUT2D eigenvalue weighted by atomic mass is 9.64. The number of hydrogen-bond donors (Lipinski definition) is 0. The number of nitrogens with zero attached hydrogens (tertiary/aromatic N) is 3. The van der Waals surface area contributed by atoms with E-state index in [1.165, 1.54) is 0 Å². The Morgan fingerprint density at radius 2 is 2.16 bits per heavy atom. The van der Waals surface area contributed by atoms with E-state index in [0.717, 1.165) is 18.8 Å². The van der Waals surface area contributed by atoms with Crippen LogP contribution in [-0.4, -0.2) is 35.8 Å². The molecular formula is C14H22ClN3O. The maximum Gasteiger partial charge on any atom is 0.134 e. The van der Waals surface area contributed by atoms with Crippen LogP contribution in [0.2, 0.25) is 5.15 Å². The van der Waals surface area contributed by atoms with Gasteiger partial charge in [-0.3, -0.25) is 0 Å². The number of hydrogen-bond acceptors (Lipinski definition) is 4. The Balaban J connectivity index is 2.15. The Morgan fingerprint density at radius 3 is 2.68 bits per heavy atom. The SMILES string of the molecule is CCOC1CC(N(C)c2cc(Cl)nc(C)n2)C1(C)C. The highest BCUT2D eigenvalue weighted by molar-refractivity contribution is 6.29. The Hall–Kier alpha value is -0.870. The lowest BCUT2D eigenvalue weighted by Gasteiger charge is -2.55. The van der Waals surface area contributed by atoms with E-state index in [1.54, 1.807) is 0 Å². The van der Waals surface area contributed by atoms with Gasteiger partial charge >= 0.3 is 0 Å². The van der Waals surface area contributed by atoms with Crippen molar-refractivity contribution >= 4 is 17.4 Å². The fourth-order valence-electron chi connectivity index (χ4n) is 2.86. The number of ether oxygens (including phenoxy) is 1. The highest BCUT2D eigenvalue weighted by Gasteiger charge is 2.51. The third-order valence-electron chi connectivity index (χ3n) is 4.12. The lowest BCUT2D eigenvalue weighted by molar-refractivity contribution is -0.104. The second kappa shape index (κ2) is 5.25. The van der Waals surface area contributed by atoms with E-state index in [-0.39, 0.29) is 5.41 Å². The monoisotopic (exact) mass is 283 g/mol. The van der Waals surface area contributed by atoms with Crippen molar-refractivity contribution in [3.05, 3.63) is 17.0 Å². The summed E-state index contributed by atoms with van der Waals surface area (Å²) in [4.78, 5) is 10.8. The van der Waals surface area contributed by atoms with Gasteiger partial charge in [0.15, 0.2) is 0 Å². The van der Waals surface area contributed by atoms with Crippen LogP contribution in [0.5, 0.6) is 0 Å². The zero-order valence-electron chi connectivity index (χ0n) is 12.3. The molecule has 1 fully saturated rings. The van der Waals surface area contributed by atoms with Crippen molar-refractivity contribution in [1.82, 2.24) is 9.97 Å². The molecule has 5 heteroatoms. The van der Waals surface area contributed by atoms with Gasteiger partial charge in [0.2, 0.25) is 0 Å². The summed E-state index contributed by atoms with van der Waals surface area (Å²) in [6.45, 7) is 9.16. The van der Waals surface area contributed by atoms with Gasteiger partial charge in [-0.05, 0) is 20.3 Å². The summed E-state index contributed by atoms with van der Waals surface area (Å²) in [6.07, 6.45) is 1.35. The first-order valence-corrected chi connectivity index (χ1v) is 7.09. The van der Waals surface area contributed by atoms with Gasteiger partial charge < -0.3 is 9.64 Å². The van der Waals surface area contributed by atoms with Crippen LogP contribution in [-0.2, 0) is 4.74 Å². The molecule has 2 rings (SSSR count). The summed E-state index contributed by atoms with van der Waals surface area (Å²) in [5.74, 6) is 1.58. The topological polar surface area (TPSA) is 38.2 Å². The Morgan fingerprint density at radius 1 is 1.47 bits per heavy atom. The molecule has 1 aliphatic carbocycles. The summed E-state index contributed by atoms with van der Waals surface area (Å²) in [5.41, 5.74) is 0.121. The fourth-order valence-corrected chi connectivity index (χ4v) is 3.08. The maximum absolute atomic E-state index is 6.01. The maximum atomic E-state index is 6.01.